The molecule has 0 radical (unpaired) electrons. The summed E-state index contributed by atoms with van der Waals surface area (Å²) in [6.45, 7) is 4.66. The van der Waals surface area contributed by atoms with Crippen LogP contribution in [0, 0.1) is 24.1 Å². The van der Waals surface area contributed by atoms with Crippen LogP contribution >= 0.6 is 0 Å². The first-order valence-electron chi connectivity index (χ1n) is 6.37. The Morgan fingerprint density at radius 2 is 2.11 bits per heavy atom. The summed E-state index contributed by atoms with van der Waals surface area (Å²) >= 11 is 0. The minimum absolute atomic E-state index is 0.172. The fourth-order valence-electron chi connectivity index (χ4n) is 2.45. The Hall–Kier alpha value is -1.42. The van der Waals surface area contributed by atoms with Crippen LogP contribution in [-0.2, 0) is 6.54 Å². The van der Waals surface area contributed by atoms with Gasteiger partial charge in [-0.3, -0.25) is 10.3 Å². The van der Waals surface area contributed by atoms with Gasteiger partial charge in [-0.2, -0.15) is 0 Å². The number of rotatable bonds is 3. The highest BCUT2D eigenvalue weighted by atomic mass is 19.1. The van der Waals surface area contributed by atoms with Crippen LogP contribution in [0.2, 0.25) is 0 Å². The minimum Gasteiger partial charge on any atom is -0.387 e. The molecule has 0 aliphatic carbocycles. The number of benzene rings is 1. The molecule has 0 spiro atoms. The third-order valence-electron chi connectivity index (χ3n) is 3.73. The predicted octanol–water partition coefficient (Wildman–Crippen LogP) is 2.28. The van der Waals surface area contributed by atoms with E-state index < -0.39 is 0 Å². The van der Waals surface area contributed by atoms with Gasteiger partial charge in [-0.25, -0.2) is 4.39 Å². The van der Waals surface area contributed by atoms with Gasteiger partial charge in [-0.05, 0) is 56.1 Å². The van der Waals surface area contributed by atoms with E-state index in [-0.39, 0.29) is 11.7 Å². The monoisotopic (exact) mass is 249 g/mol. The Kier molecular flexibility index (Phi) is 3.97. The van der Waals surface area contributed by atoms with E-state index in [1.165, 1.54) is 6.07 Å². The van der Waals surface area contributed by atoms with E-state index in [1.807, 2.05) is 13.0 Å². The van der Waals surface area contributed by atoms with E-state index >= 15 is 0 Å². The van der Waals surface area contributed by atoms with Gasteiger partial charge in [0, 0.05) is 12.5 Å². The van der Waals surface area contributed by atoms with Crippen molar-refractivity contribution in [3.05, 3.63) is 35.1 Å². The van der Waals surface area contributed by atoms with Gasteiger partial charge in [0.25, 0.3) is 0 Å². The Balaban J connectivity index is 1.95. The molecule has 0 amide bonds. The van der Waals surface area contributed by atoms with Crippen LogP contribution < -0.4 is 5.73 Å². The molecule has 98 valence electrons. The molecule has 3 nitrogen and oxygen atoms in total. The molecule has 18 heavy (non-hydrogen) atoms. The molecular formula is C14H20FN3. The molecule has 1 aliphatic heterocycles. The Bertz CT molecular complexity index is 437. The normalized spacial score (nSPS) is 17.9. The maximum Gasteiger partial charge on any atom is 0.123 e. The van der Waals surface area contributed by atoms with E-state index in [0.29, 0.717) is 5.84 Å². The number of halogens is 1. The number of nitrogens with one attached hydrogen (secondary N) is 1. The van der Waals surface area contributed by atoms with Gasteiger partial charge in [0.05, 0.1) is 5.84 Å². The molecule has 2 rings (SSSR count). The molecule has 0 saturated carbocycles. The lowest BCUT2D eigenvalue weighted by Gasteiger charge is -2.31. The quantitative estimate of drug-likeness (QED) is 0.638. The van der Waals surface area contributed by atoms with Gasteiger partial charge in [-0.1, -0.05) is 6.07 Å². The van der Waals surface area contributed by atoms with Gasteiger partial charge in [0.2, 0.25) is 0 Å². The molecule has 0 atom stereocenters. The SMILES string of the molecule is Cc1ccc(F)cc1CN1CCC(C(=N)N)CC1. The van der Waals surface area contributed by atoms with E-state index in [1.54, 1.807) is 6.07 Å². The van der Waals surface area contributed by atoms with Crippen LogP contribution in [0.1, 0.15) is 24.0 Å². The van der Waals surface area contributed by atoms with Crippen molar-refractivity contribution in [2.75, 3.05) is 13.1 Å². The summed E-state index contributed by atoms with van der Waals surface area (Å²) in [7, 11) is 0. The Labute approximate surface area is 107 Å². The van der Waals surface area contributed by atoms with Crippen molar-refractivity contribution in [2.24, 2.45) is 11.7 Å². The Morgan fingerprint density at radius 3 is 2.72 bits per heavy atom. The second-order valence-corrected chi connectivity index (χ2v) is 5.08. The highest BCUT2D eigenvalue weighted by Crippen LogP contribution is 2.20. The number of amidine groups is 1. The smallest absolute Gasteiger partial charge is 0.123 e. The summed E-state index contributed by atoms with van der Waals surface area (Å²) in [4.78, 5) is 2.31. The molecule has 0 aromatic heterocycles. The second kappa shape index (κ2) is 5.48. The zero-order valence-corrected chi connectivity index (χ0v) is 10.7. The molecule has 4 heteroatoms. The molecule has 1 aromatic rings. The summed E-state index contributed by atoms with van der Waals surface area (Å²) in [6.07, 6.45) is 1.87. The molecule has 3 N–H and O–H groups in total. The average molecular weight is 249 g/mol. The van der Waals surface area contributed by atoms with Gasteiger partial charge >= 0.3 is 0 Å². The number of nitrogens with two attached hydrogens (primary N) is 1. The number of aryl methyl sites for hydroxylation is 1. The summed E-state index contributed by atoms with van der Waals surface area (Å²) < 4.78 is 13.2. The van der Waals surface area contributed by atoms with E-state index in [2.05, 4.69) is 4.90 Å². The molecule has 1 aromatic carbocycles. The number of piperidine rings is 1. The standard InChI is InChI=1S/C14H20FN3/c1-10-2-3-13(15)8-12(10)9-18-6-4-11(5-7-18)14(16)17/h2-3,8,11H,4-7,9H2,1H3,(H3,16,17). The fraction of sp³-hybridized carbons (Fsp3) is 0.500. The van der Waals surface area contributed by atoms with Gasteiger partial charge < -0.3 is 5.73 Å². The van der Waals surface area contributed by atoms with Crippen molar-refractivity contribution < 1.29 is 4.39 Å². The van der Waals surface area contributed by atoms with Crippen molar-refractivity contribution in [1.29, 1.82) is 5.41 Å². The largest absolute Gasteiger partial charge is 0.387 e. The van der Waals surface area contributed by atoms with Crippen LogP contribution in [0.4, 0.5) is 4.39 Å². The van der Waals surface area contributed by atoms with Gasteiger partial charge in [0.1, 0.15) is 5.82 Å². The maximum atomic E-state index is 13.2. The van der Waals surface area contributed by atoms with Crippen molar-refractivity contribution in [2.45, 2.75) is 26.3 Å². The number of likely N-dealkylation sites (tertiary alicyclic amines) is 1. The summed E-state index contributed by atoms with van der Waals surface area (Å²) in [5, 5.41) is 7.45. The van der Waals surface area contributed by atoms with Crippen molar-refractivity contribution in [1.82, 2.24) is 4.90 Å². The fourth-order valence-corrected chi connectivity index (χ4v) is 2.45. The third kappa shape index (κ3) is 3.07. The van der Waals surface area contributed by atoms with Gasteiger partial charge in [0.15, 0.2) is 0 Å². The van der Waals surface area contributed by atoms with Crippen molar-refractivity contribution in [3.8, 4) is 0 Å². The van der Waals surface area contributed by atoms with Crippen molar-refractivity contribution in [3.63, 3.8) is 0 Å². The summed E-state index contributed by atoms with van der Waals surface area (Å²) in [5.74, 6) is 0.362. The molecule has 1 saturated heterocycles. The van der Waals surface area contributed by atoms with E-state index in [9.17, 15) is 4.39 Å². The van der Waals surface area contributed by atoms with E-state index in [0.717, 1.165) is 43.6 Å². The molecule has 1 fully saturated rings. The van der Waals surface area contributed by atoms with Crippen molar-refractivity contribution >= 4 is 5.84 Å². The maximum absolute atomic E-state index is 13.2. The zero-order chi connectivity index (χ0) is 13.1. The van der Waals surface area contributed by atoms with E-state index in [4.69, 9.17) is 11.1 Å². The van der Waals surface area contributed by atoms with Gasteiger partial charge in [-0.15, -0.1) is 0 Å². The molecule has 1 heterocycles. The van der Waals surface area contributed by atoms with Crippen LogP contribution in [0.3, 0.4) is 0 Å². The zero-order valence-electron chi connectivity index (χ0n) is 10.7. The van der Waals surface area contributed by atoms with Crippen LogP contribution in [0.5, 0.6) is 0 Å². The first kappa shape index (κ1) is 13.0. The third-order valence-corrected chi connectivity index (χ3v) is 3.73. The Morgan fingerprint density at radius 1 is 1.44 bits per heavy atom. The highest BCUT2D eigenvalue weighted by Gasteiger charge is 2.21. The predicted molar refractivity (Wildman–Crippen MR) is 71.1 cm³/mol. The molecule has 0 bridgehead atoms. The first-order valence-corrected chi connectivity index (χ1v) is 6.37. The lowest BCUT2D eigenvalue weighted by molar-refractivity contribution is 0.200. The summed E-state index contributed by atoms with van der Waals surface area (Å²) in [5.41, 5.74) is 7.71. The summed E-state index contributed by atoms with van der Waals surface area (Å²) in [6, 6.07) is 4.94. The molecule has 1 aliphatic rings. The average Bonchev–Trinajstić information content (AvgIpc) is 2.34. The number of hydrogen-bond donors (Lipinski definition) is 2. The molecular weight excluding hydrogens is 229 g/mol. The van der Waals surface area contributed by atoms with Crippen LogP contribution in [-0.4, -0.2) is 23.8 Å². The number of nitrogens with zero attached hydrogens (tertiary/aromatic N) is 1. The topological polar surface area (TPSA) is 53.1 Å². The number of hydrogen-bond acceptors (Lipinski definition) is 2. The second-order valence-electron chi connectivity index (χ2n) is 5.08. The lowest BCUT2D eigenvalue weighted by Crippen LogP contribution is -2.38. The first-order chi connectivity index (χ1) is 8.56. The highest BCUT2D eigenvalue weighted by molar-refractivity contribution is 5.79. The van der Waals surface area contributed by atoms with Crippen LogP contribution in [0.15, 0.2) is 18.2 Å². The minimum atomic E-state index is -0.172. The van der Waals surface area contributed by atoms with Crippen LogP contribution in [0.25, 0.3) is 0 Å². The molecule has 0 unspecified atom stereocenters. The lowest BCUT2D eigenvalue weighted by atomic mass is 9.95.